The van der Waals surface area contributed by atoms with Crippen LogP contribution in [-0.4, -0.2) is 25.7 Å². The molecule has 5 aromatic rings. The molecule has 3 aromatic heterocycles. The van der Waals surface area contributed by atoms with Crippen LogP contribution in [0.5, 0.6) is 5.88 Å². The molecule has 0 aliphatic rings. The molecule has 1 amide bonds. The molecule has 7 heteroatoms. The third kappa shape index (κ3) is 3.22. The van der Waals surface area contributed by atoms with Crippen LogP contribution in [0.4, 0.5) is 10.5 Å². The maximum Gasteiger partial charge on any atom is 0.326 e. The van der Waals surface area contributed by atoms with Crippen molar-refractivity contribution in [2.75, 3.05) is 5.32 Å². The number of primary amides is 1. The molecule has 0 aliphatic heterocycles. The molecule has 2 aromatic carbocycles. The number of hydrogen-bond acceptors (Lipinski definition) is 5. The molecule has 151 valence electrons. The molecule has 0 unspecified atom stereocenters. The second-order valence-electron chi connectivity index (χ2n) is 7.06. The molecule has 0 aliphatic carbocycles. The minimum absolute atomic E-state index is 0.249. The van der Waals surface area contributed by atoms with E-state index in [1.165, 1.54) is 0 Å². The summed E-state index contributed by atoms with van der Waals surface area (Å²) in [6.07, 6.45) is 1.75. The third-order valence-electron chi connectivity index (χ3n) is 5.17. The molecular formula is C24H18N5O2. The molecule has 3 heterocycles. The first-order chi connectivity index (χ1) is 15.1. The highest BCUT2D eigenvalue weighted by Gasteiger charge is 2.22. The van der Waals surface area contributed by atoms with E-state index >= 15 is 0 Å². The number of amides is 1. The average Bonchev–Trinajstić information content (AvgIpc) is 3.10. The summed E-state index contributed by atoms with van der Waals surface area (Å²) in [5, 5.41) is 15.9. The van der Waals surface area contributed by atoms with E-state index in [1.807, 2.05) is 48.5 Å². The van der Waals surface area contributed by atoms with Crippen molar-refractivity contribution >= 4 is 33.5 Å². The molecule has 0 saturated carbocycles. The number of carbonyl (C=O) groups is 1. The van der Waals surface area contributed by atoms with Crippen molar-refractivity contribution in [3.63, 3.8) is 0 Å². The maximum absolute atomic E-state index is 12.0. The Hall–Kier alpha value is -4.39. The van der Waals surface area contributed by atoms with Gasteiger partial charge in [-0.25, -0.2) is 14.3 Å². The fourth-order valence-electron chi connectivity index (χ4n) is 3.78. The van der Waals surface area contributed by atoms with Gasteiger partial charge in [0.05, 0.1) is 34.5 Å². The largest absolute Gasteiger partial charge is 0.494 e. The number of nitrogens with one attached hydrogen (secondary N) is 1. The summed E-state index contributed by atoms with van der Waals surface area (Å²) >= 11 is 0. The van der Waals surface area contributed by atoms with Crippen LogP contribution in [0.1, 0.15) is 5.69 Å². The highest BCUT2D eigenvalue weighted by atomic mass is 16.3. The number of para-hydroxylation sites is 1. The van der Waals surface area contributed by atoms with E-state index in [2.05, 4.69) is 16.4 Å². The first-order valence-electron chi connectivity index (χ1n) is 9.70. The standard InChI is InChI=1S/C24H18N5O2/c25-24(31)29-21-11-4-2-9-17(21)22(23(29)30)20-13-19(16-8-1-3-10-18(16)28-20)27-14-15-7-5-6-12-26-15/h1,3-13,30H,14H2,(H2,25,31)(H,27,28). The fraction of sp³-hybridized carbons (Fsp3) is 0.0417. The molecule has 5 rings (SSSR count). The number of pyridine rings is 2. The number of hydrogen-bond donors (Lipinski definition) is 3. The van der Waals surface area contributed by atoms with Crippen molar-refractivity contribution in [2.45, 2.75) is 6.54 Å². The molecule has 0 atom stereocenters. The van der Waals surface area contributed by atoms with Crippen LogP contribution in [0.2, 0.25) is 0 Å². The highest BCUT2D eigenvalue weighted by Crippen LogP contribution is 2.40. The van der Waals surface area contributed by atoms with E-state index in [9.17, 15) is 9.90 Å². The van der Waals surface area contributed by atoms with Gasteiger partial charge in [-0.3, -0.25) is 4.98 Å². The Balaban J connectivity index is 1.70. The lowest BCUT2D eigenvalue weighted by Gasteiger charge is -2.12. The van der Waals surface area contributed by atoms with Crippen molar-refractivity contribution in [3.8, 4) is 17.1 Å². The molecule has 31 heavy (non-hydrogen) atoms. The maximum atomic E-state index is 12.0. The van der Waals surface area contributed by atoms with Gasteiger partial charge in [-0.05, 0) is 42.5 Å². The van der Waals surface area contributed by atoms with Gasteiger partial charge in [0, 0.05) is 22.7 Å². The first-order valence-corrected chi connectivity index (χ1v) is 9.70. The van der Waals surface area contributed by atoms with Gasteiger partial charge in [-0.15, -0.1) is 0 Å². The molecule has 0 fully saturated rings. The van der Waals surface area contributed by atoms with Crippen molar-refractivity contribution in [3.05, 3.63) is 84.7 Å². The molecular weight excluding hydrogens is 390 g/mol. The second-order valence-corrected chi connectivity index (χ2v) is 7.06. The predicted molar refractivity (Wildman–Crippen MR) is 120 cm³/mol. The number of nitrogens with two attached hydrogens (primary N) is 1. The topological polar surface area (TPSA) is 106 Å². The van der Waals surface area contributed by atoms with Crippen LogP contribution < -0.4 is 11.1 Å². The van der Waals surface area contributed by atoms with Gasteiger partial charge in [0.1, 0.15) is 0 Å². The van der Waals surface area contributed by atoms with E-state index in [0.717, 1.165) is 26.9 Å². The van der Waals surface area contributed by atoms with E-state index in [-0.39, 0.29) is 5.88 Å². The summed E-state index contributed by atoms with van der Waals surface area (Å²) in [5.41, 5.74) is 9.45. The summed E-state index contributed by atoms with van der Waals surface area (Å²) < 4.78 is 1.08. The van der Waals surface area contributed by atoms with Crippen molar-refractivity contribution in [1.29, 1.82) is 0 Å². The molecule has 7 nitrogen and oxygen atoms in total. The van der Waals surface area contributed by atoms with Gasteiger partial charge in [0.25, 0.3) is 0 Å². The Bertz CT molecular complexity index is 1430. The van der Waals surface area contributed by atoms with Crippen molar-refractivity contribution < 1.29 is 9.90 Å². The zero-order valence-electron chi connectivity index (χ0n) is 16.4. The molecule has 0 spiro atoms. The summed E-state index contributed by atoms with van der Waals surface area (Å²) in [7, 11) is 0. The van der Waals surface area contributed by atoms with E-state index in [0.29, 0.717) is 28.7 Å². The lowest BCUT2D eigenvalue weighted by Crippen LogP contribution is -2.18. The van der Waals surface area contributed by atoms with Crippen LogP contribution in [0.15, 0.2) is 72.9 Å². The smallest absolute Gasteiger partial charge is 0.326 e. The lowest BCUT2D eigenvalue weighted by molar-refractivity contribution is 0.248. The van der Waals surface area contributed by atoms with Gasteiger partial charge in [0.2, 0.25) is 5.88 Å². The number of fused-ring (bicyclic) bond motifs is 2. The predicted octanol–water partition coefficient (Wildman–Crippen LogP) is 4.30. The average molecular weight is 408 g/mol. The number of nitrogens with zero attached hydrogens (tertiary/aromatic N) is 3. The molecule has 0 bridgehead atoms. The number of aromatic hydroxyl groups is 1. The van der Waals surface area contributed by atoms with Crippen molar-refractivity contribution in [1.82, 2.24) is 14.5 Å². The Kier molecular flexibility index (Phi) is 4.48. The fourth-order valence-corrected chi connectivity index (χ4v) is 3.78. The Morgan fingerprint density at radius 2 is 1.97 bits per heavy atom. The van der Waals surface area contributed by atoms with Gasteiger partial charge in [0.15, 0.2) is 0 Å². The van der Waals surface area contributed by atoms with E-state index in [4.69, 9.17) is 10.7 Å². The van der Waals surface area contributed by atoms with Crippen LogP contribution in [0.3, 0.4) is 0 Å². The number of benzene rings is 2. The summed E-state index contributed by atoms with van der Waals surface area (Å²) in [6.45, 7) is 0.525. The van der Waals surface area contributed by atoms with Crippen molar-refractivity contribution in [2.24, 2.45) is 5.73 Å². The number of carbonyl (C=O) groups excluding carboxylic acids is 1. The first kappa shape index (κ1) is 18.6. The quantitative estimate of drug-likeness (QED) is 0.411. The second kappa shape index (κ2) is 7.46. The molecule has 4 N–H and O–H groups in total. The number of rotatable bonds is 4. The van der Waals surface area contributed by atoms with Gasteiger partial charge >= 0.3 is 6.03 Å². The molecule has 0 saturated heterocycles. The van der Waals surface area contributed by atoms with Gasteiger partial charge in [-0.2, -0.15) is 0 Å². The number of anilines is 1. The third-order valence-corrected chi connectivity index (χ3v) is 5.17. The van der Waals surface area contributed by atoms with E-state index in [1.54, 1.807) is 24.4 Å². The highest BCUT2D eigenvalue weighted by molar-refractivity contribution is 6.05. The minimum Gasteiger partial charge on any atom is -0.494 e. The summed E-state index contributed by atoms with van der Waals surface area (Å²) in [5.74, 6) is -0.249. The Morgan fingerprint density at radius 1 is 1.13 bits per heavy atom. The lowest BCUT2D eigenvalue weighted by atomic mass is 10.1. The Labute approximate surface area is 177 Å². The summed E-state index contributed by atoms with van der Waals surface area (Å²) in [4.78, 5) is 21.1. The van der Waals surface area contributed by atoms with Gasteiger partial charge < -0.3 is 16.2 Å². The summed E-state index contributed by atoms with van der Waals surface area (Å²) in [6, 6.07) is 22.6. The Morgan fingerprint density at radius 3 is 2.77 bits per heavy atom. The van der Waals surface area contributed by atoms with E-state index < -0.39 is 6.03 Å². The SMILES string of the molecule is NC(=O)n1c(O)c(-c2cc(NCc3ccccn3)c3ccccc3n2)c2c[c]ccc21. The van der Waals surface area contributed by atoms with Crippen LogP contribution in [-0.2, 0) is 6.54 Å². The van der Waals surface area contributed by atoms with Crippen LogP contribution in [0, 0.1) is 6.07 Å². The monoisotopic (exact) mass is 408 g/mol. The minimum atomic E-state index is -0.769. The number of aromatic nitrogens is 3. The zero-order chi connectivity index (χ0) is 21.4. The zero-order valence-corrected chi connectivity index (χ0v) is 16.4. The van der Waals surface area contributed by atoms with Gasteiger partial charge in [-0.1, -0.05) is 30.3 Å². The molecule has 1 radical (unpaired) electrons. The van der Waals surface area contributed by atoms with Crippen LogP contribution in [0.25, 0.3) is 33.1 Å². The normalized spacial score (nSPS) is 11.1. The van der Waals surface area contributed by atoms with Crippen LogP contribution >= 0.6 is 0 Å².